The lowest BCUT2D eigenvalue weighted by Gasteiger charge is -2.30. The molecule has 1 fully saturated rings. The molecule has 0 N–H and O–H groups in total. The third-order valence-corrected chi connectivity index (χ3v) is 2.37. The van der Waals surface area contributed by atoms with Crippen LogP contribution >= 0.6 is 0 Å². The standard InChI is InChI=1S/C10H17NO3/c1-13-9-4-3-6-11(8-9)7-5-10(12)14-2/h5,7,9H,3-4,6,8H2,1-2H3/b7-5+. The summed E-state index contributed by atoms with van der Waals surface area (Å²) in [4.78, 5) is 12.9. The van der Waals surface area contributed by atoms with Crippen molar-refractivity contribution in [2.75, 3.05) is 27.3 Å². The van der Waals surface area contributed by atoms with E-state index in [9.17, 15) is 4.79 Å². The molecule has 0 bridgehead atoms. The Morgan fingerprint density at radius 2 is 2.29 bits per heavy atom. The minimum absolute atomic E-state index is 0.283. The molecule has 1 rings (SSSR count). The highest BCUT2D eigenvalue weighted by Crippen LogP contribution is 2.12. The lowest BCUT2D eigenvalue weighted by atomic mass is 10.1. The number of esters is 1. The van der Waals surface area contributed by atoms with Crippen molar-refractivity contribution >= 4 is 5.97 Å². The van der Waals surface area contributed by atoms with Crippen molar-refractivity contribution in [3.05, 3.63) is 12.3 Å². The van der Waals surface area contributed by atoms with E-state index < -0.39 is 0 Å². The number of piperidine rings is 1. The van der Waals surface area contributed by atoms with Crippen LogP contribution in [0.25, 0.3) is 0 Å². The van der Waals surface area contributed by atoms with Gasteiger partial charge in [-0.15, -0.1) is 0 Å². The Bertz CT molecular complexity index is 215. The third kappa shape index (κ3) is 3.38. The van der Waals surface area contributed by atoms with Crippen LogP contribution in [-0.4, -0.2) is 44.3 Å². The summed E-state index contributed by atoms with van der Waals surface area (Å²) in [6.07, 6.45) is 5.70. The highest BCUT2D eigenvalue weighted by molar-refractivity contribution is 5.81. The molecule has 80 valence electrons. The smallest absolute Gasteiger partial charge is 0.331 e. The van der Waals surface area contributed by atoms with E-state index >= 15 is 0 Å². The predicted molar refractivity (Wildman–Crippen MR) is 52.8 cm³/mol. The second kappa shape index (κ2) is 5.65. The summed E-state index contributed by atoms with van der Waals surface area (Å²) in [6.45, 7) is 1.83. The Balaban J connectivity index is 2.37. The Morgan fingerprint density at radius 3 is 2.93 bits per heavy atom. The van der Waals surface area contributed by atoms with Crippen LogP contribution < -0.4 is 0 Å². The summed E-state index contributed by atoms with van der Waals surface area (Å²) in [6, 6.07) is 0. The van der Waals surface area contributed by atoms with Gasteiger partial charge < -0.3 is 14.4 Å². The lowest BCUT2D eigenvalue weighted by Crippen LogP contribution is -2.35. The molecule has 1 unspecified atom stereocenters. The van der Waals surface area contributed by atoms with Crippen molar-refractivity contribution in [2.45, 2.75) is 18.9 Å². The van der Waals surface area contributed by atoms with Crippen molar-refractivity contribution < 1.29 is 14.3 Å². The zero-order chi connectivity index (χ0) is 10.4. The van der Waals surface area contributed by atoms with Crippen molar-refractivity contribution in [3.8, 4) is 0 Å². The topological polar surface area (TPSA) is 38.8 Å². The van der Waals surface area contributed by atoms with Crippen LogP contribution in [0.4, 0.5) is 0 Å². The zero-order valence-corrected chi connectivity index (χ0v) is 8.73. The molecule has 1 atom stereocenters. The Kier molecular flexibility index (Phi) is 4.46. The maximum Gasteiger partial charge on any atom is 0.331 e. The molecule has 0 aromatic heterocycles. The zero-order valence-electron chi connectivity index (χ0n) is 8.73. The molecule has 1 aliphatic rings. The fraction of sp³-hybridized carbons (Fsp3) is 0.700. The van der Waals surface area contributed by atoms with E-state index in [1.165, 1.54) is 13.2 Å². The fourth-order valence-electron chi connectivity index (χ4n) is 1.53. The van der Waals surface area contributed by atoms with E-state index in [0.29, 0.717) is 0 Å². The predicted octanol–water partition coefficient (Wildman–Crippen LogP) is 0.784. The number of methoxy groups -OCH3 is 2. The molecule has 14 heavy (non-hydrogen) atoms. The minimum Gasteiger partial charge on any atom is -0.466 e. The van der Waals surface area contributed by atoms with Crippen molar-refractivity contribution in [1.82, 2.24) is 4.90 Å². The second-order valence-corrected chi connectivity index (χ2v) is 3.33. The fourth-order valence-corrected chi connectivity index (χ4v) is 1.53. The van der Waals surface area contributed by atoms with Gasteiger partial charge in [0.1, 0.15) is 0 Å². The molecule has 0 radical (unpaired) electrons. The number of carbonyl (C=O) groups is 1. The van der Waals surface area contributed by atoms with Gasteiger partial charge in [0, 0.05) is 32.5 Å². The van der Waals surface area contributed by atoms with Crippen molar-refractivity contribution in [1.29, 1.82) is 0 Å². The first-order valence-corrected chi connectivity index (χ1v) is 4.79. The molecule has 1 heterocycles. The Morgan fingerprint density at radius 1 is 1.50 bits per heavy atom. The molecule has 0 saturated carbocycles. The monoisotopic (exact) mass is 199 g/mol. The first kappa shape index (κ1) is 11.0. The Labute approximate surface area is 84.5 Å². The summed E-state index contributed by atoms with van der Waals surface area (Å²) in [7, 11) is 3.10. The van der Waals surface area contributed by atoms with E-state index in [4.69, 9.17) is 4.74 Å². The van der Waals surface area contributed by atoms with E-state index in [1.54, 1.807) is 13.3 Å². The lowest BCUT2D eigenvalue weighted by molar-refractivity contribution is -0.134. The van der Waals surface area contributed by atoms with Gasteiger partial charge in [-0.3, -0.25) is 0 Å². The molecule has 0 amide bonds. The molecular formula is C10H17NO3. The quantitative estimate of drug-likeness (QED) is 0.497. The number of carbonyl (C=O) groups excluding carboxylic acids is 1. The summed E-state index contributed by atoms with van der Waals surface area (Å²) in [5.41, 5.74) is 0. The van der Waals surface area contributed by atoms with Gasteiger partial charge in [-0.1, -0.05) is 0 Å². The molecule has 4 heteroatoms. The van der Waals surface area contributed by atoms with Gasteiger partial charge in [-0.05, 0) is 12.8 Å². The highest BCUT2D eigenvalue weighted by atomic mass is 16.5. The average molecular weight is 199 g/mol. The second-order valence-electron chi connectivity index (χ2n) is 3.33. The SMILES string of the molecule is COC(=O)/C=C/N1CCCC(OC)C1. The van der Waals surface area contributed by atoms with E-state index in [1.807, 2.05) is 0 Å². The van der Waals surface area contributed by atoms with Crippen LogP contribution in [0.5, 0.6) is 0 Å². The van der Waals surface area contributed by atoms with Crippen molar-refractivity contribution in [2.24, 2.45) is 0 Å². The molecule has 1 aliphatic heterocycles. The van der Waals surface area contributed by atoms with Crippen LogP contribution in [0, 0.1) is 0 Å². The third-order valence-electron chi connectivity index (χ3n) is 2.37. The van der Waals surface area contributed by atoms with E-state index in [0.717, 1.165) is 25.9 Å². The average Bonchev–Trinajstić information content (AvgIpc) is 2.26. The molecule has 0 spiro atoms. The molecule has 4 nitrogen and oxygen atoms in total. The van der Waals surface area contributed by atoms with Crippen LogP contribution in [0.3, 0.4) is 0 Å². The number of ether oxygens (including phenoxy) is 2. The summed E-state index contributed by atoms with van der Waals surface area (Å²) in [5.74, 6) is -0.315. The molecule has 0 aliphatic carbocycles. The maximum absolute atomic E-state index is 10.8. The number of hydrogen-bond donors (Lipinski definition) is 0. The first-order valence-electron chi connectivity index (χ1n) is 4.79. The van der Waals surface area contributed by atoms with E-state index in [2.05, 4.69) is 9.64 Å². The van der Waals surface area contributed by atoms with Crippen LogP contribution in [-0.2, 0) is 14.3 Å². The molecular weight excluding hydrogens is 182 g/mol. The van der Waals surface area contributed by atoms with Crippen LogP contribution in [0.15, 0.2) is 12.3 Å². The normalized spacial score (nSPS) is 22.7. The van der Waals surface area contributed by atoms with Gasteiger partial charge in [0.2, 0.25) is 0 Å². The van der Waals surface area contributed by atoms with Gasteiger partial charge in [-0.2, -0.15) is 0 Å². The van der Waals surface area contributed by atoms with Crippen LogP contribution in [0.1, 0.15) is 12.8 Å². The van der Waals surface area contributed by atoms with E-state index in [-0.39, 0.29) is 12.1 Å². The van der Waals surface area contributed by atoms with Gasteiger partial charge in [0.05, 0.1) is 13.2 Å². The Hall–Kier alpha value is -1.03. The summed E-state index contributed by atoms with van der Waals surface area (Å²) >= 11 is 0. The maximum atomic E-state index is 10.8. The number of likely N-dealkylation sites (tertiary alicyclic amines) is 1. The highest BCUT2D eigenvalue weighted by Gasteiger charge is 2.16. The van der Waals surface area contributed by atoms with Gasteiger partial charge in [-0.25, -0.2) is 4.79 Å². The van der Waals surface area contributed by atoms with Gasteiger partial charge in [0.15, 0.2) is 0 Å². The summed E-state index contributed by atoms with van der Waals surface area (Å²) in [5, 5.41) is 0. The number of nitrogens with zero attached hydrogens (tertiary/aromatic N) is 1. The van der Waals surface area contributed by atoms with Gasteiger partial charge in [0.25, 0.3) is 0 Å². The van der Waals surface area contributed by atoms with Crippen molar-refractivity contribution in [3.63, 3.8) is 0 Å². The molecule has 0 aromatic rings. The van der Waals surface area contributed by atoms with Gasteiger partial charge >= 0.3 is 5.97 Å². The molecule has 1 saturated heterocycles. The minimum atomic E-state index is -0.315. The number of hydrogen-bond acceptors (Lipinski definition) is 4. The largest absolute Gasteiger partial charge is 0.466 e. The first-order chi connectivity index (χ1) is 6.76. The number of rotatable bonds is 3. The van der Waals surface area contributed by atoms with Crippen LogP contribution in [0.2, 0.25) is 0 Å². The molecule has 0 aromatic carbocycles. The summed E-state index contributed by atoms with van der Waals surface area (Å²) < 4.78 is 9.77.